The second kappa shape index (κ2) is 8.67. The highest BCUT2D eigenvalue weighted by atomic mass is 19.1. The molecule has 0 saturated carbocycles. The molecule has 1 aromatic heterocycles. The third-order valence-electron chi connectivity index (χ3n) is 4.89. The van der Waals surface area contributed by atoms with Crippen LogP contribution in [0.1, 0.15) is 35.2 Å². The molecule has 3 rings (SSSR count). The van der Waals surface area contributed by atoms with Crippen molar-refractivity contribution in [2.45, 2.75) is 32.6 Å². The second-order valence-electron chi connectivity index (χ2n) is 6.79. The molecule has 27 heavy (non-hydrogen) atoms. The average molecular weight is 364 g/mol. The normalized spacial score (nSPS) is 11.7. The van der Waals surface area contributed by atoms with Crippen molar-refractivity contribution in [2.75, 3.05) is 7.05 Å². The summed E-state index contributed by atoms with van der Waals surface area (Å²) in [5.41, 5.74) is 5.79. The van der Waals surface area contributed by atoms with Crippen LogP contribution in [0, 0.1) is 6.92 Å². The SMILES string of the molecule is CNC(=O)/C(F)=C/c1ccc(CCCCc2c(C)[nH]c3ccccc23)cc1. The van der Waals surface area contributed by atoms with Crippen LogP contribution >= 0.6 is 0 Å². The van der Waals surface area contributed by atoms with Gasteiger partial charge in [0.1, 0.15) is 0 Å². The molecule has 1 heterocycles. The van der Waals surface area contributed by atoms with E-state index in [1.165, 1.54) is 40.8 Å². The van der Waals surface area contributed by atoms with Gasteiger partial charge in [-0.3, -0.25) is 4.79 Å². The number of aromatic amines is 1. The lowest BCUT2D eigenvalue weighted by Gasteiger charge is -2.04. The summed E-state index contributed by atoms with van der Waals surface area (Å²) in [6.07, 6.45) is 5.52. The van der Waals surface area contributed by atoms with E-state index < -0.39 is 11.7 Å². The van der Waals surface area contributed by atoms with E-state index in [9.17, 15) is 9.18 Å². The third kappa shape index (κ3) is 4.64. The third-order valence-corrected chi connectivity index (χ3v) is 4.89. The molecule has 0 atom stereocenters. The molecule has 2 aromatic carbocycles. The zero-order chi connectivity index (χ0) is 19.2. The van der Waals surface area contributed by atoms with Gasteiger partial charge in [-0.05, 0) is 61.4 Å². The summed E-state index contributed by atoms with van der Waals surface area (Å²) in [5.74, 6) is -1.48. The smallest absolute Gasteiger partial charge is 0.279 e. The van der Waals surface area contributed by atoms with E-state index in [4.69, 9.17) is 0 Å². The van der Waals surface area contributed by atoms with Gasteiger partial charge in [0, 0.05) is 23.6 Å². The fourth-order valence-corrected chi connectivity index (χ4v) is 3.40. The van der Waals surface area contributed by atoms with Gasteiger partial charge in [-0.1, -0.05) is 42.5 Å². The van der Waals surface area contributed by atoms with Gasteiger partial charge in [0.2, 0.25) is 0 Å². The number of nitrogens with one attached hydrogen (secondary N) is 2. The van der Waals surface area contributed by atoms with Gasteiger partial charge in [0.15, 0.2) is 5.83 Å². The highest BCUT2D eigenvalue weighted by Gasteiger charge is 2.08. The molecular formula is C23H25FN2O. The van der Waals surface area contributed by atoms with E-state index in [0.29, 0.717) is 5.56 Å². The van der Waals surface area contributed by atoms with Crippen LogP contribution in [0.2, 0.25) is 0 Å². The minimum Gasteiger partial charge on any atom is -0.358 e. The molecule has 140 valence electrons. The molecule has 0 aliphatic heterocycles. The summed E-state index contributed by atoms with van der Waals surface area (Å²) in [6, 6.07) is 16.1. The van der Waals surface area contributed by atoms with Gasteiger partial charge in [-0.15, -0.1) is 0 Å². The highest BCUT2D eigenvalue weighted by molar-refractivity contribution is 5.95. The van der Waals surface area contributed by atoms with E-state index in [1.54, 1.807) is 0 Å². The summed E-state index contributed by atoms with van der Waals surface area (Å²) in [7, 11) is 1.41. The number of hydrogen-bond donors (Lipinski definition) is 2. The van der Waals surface area contributed by atoms with Crippen molar-refractivity contribution < 1.29 is 9.18 Å². The minimum absolute atomic E-state index is 0.689. The number of unbranched alkanes of at least 4 members (excludes halogenated alkanes) is 1. The van der Waals surface area contributed by atoms with Crippen LogP contribution in [0.5, 0.6) is 0 Å². The number of halogens is 1. The molecule has 0 radical (unpaired) electrons. The summed E-state index contributed by atoms with van der Waals surface area (Å²) in [4.78, 5) is 14.7. The number of benzene rings is 2. The lowest BCUT2D eigenvalue weighted by Crippen LogP contribution is -2.17. The molecule has 0 aliphatic carbocycles. The molecule has 3 nitrogen and oxygen atoms in total. The van der Waals surface area contributed by atoms with Crippen molar-refractivity contribution in [3.8, 4) is 0 Å². The Kier molecular flexibility index (Phi) is 6.07. The van der Waals surface area contributed by atoms with Crippen molar-refractivity contribution in [1.29, 1.82) is 0 Å². The maximum Gasteiger partial charge on any atom is 0.279 e. The van der Waals surface area contributed by atoms with Crippen LogP contribution in [0.3, 0.4) is 0 Å². The number of fused-ring (bicyclic) bond motifs is 1. The summed E-state index contributed by atoms with van der Waals surface area (Å²) >= 11 is 0. The van der Waals surface area contributed by atoms with Crippen LogP contribution < -0.4 is 5.32 Å². The lowest BCUT2D eigenvalue weighted by atomic mass is 10.0. The monoisotopic (exact) mass is 364 g/mol. The van der Waals surface area contributed by atoms with Crippen molar-refractivity contribution >= 4 is 22.9 Å². The topological polar surface area (TPSA) is 44.9 Å². The predicted molar refractivity (Wildman–Crippen MR) is 109 cm³/mol. The van der Waals surface area contributed by atoms with E-state index in [0.717, 1.165) is 25.7 Å². The average Bonchev–Trinajstić information content (AvgIpc) is 3.01. The number of carbonyl (C=O) groups excluding carboxylic acids is 1. The molecule has 2 N–H and O–H groups in total. The molecule has 3 aromatic rings. The zero-order valence-corrected chi connectivity index (χ0v) is 15.8. The molecule has 0 spiro atoms. The number of para-hydroxylation sites is 1. The lowest BCUT2D eigenvalue weighted by molar-refractivity contribution is -0.118. The van der Waals surface area contributed by atoms with Crippen molar-refractivity contribution in [1.82, 2.24) is 10.3 Å². The molecule has 0 bridgehead atoms. The molecule has 0 aliphatic rings. The Labute approximate surface area is 159 Å². The number of amides is 1. The largest absolute Gasteiger partial charge is 0.358 e. The maximum absolute atomic E-state index is 13.6. The van der Waals surface area contributed by atoms with Crippen LogP contribution in [-0.4, -0.2) is 17.9 Å². The van der Waals surface area contributed by atoms with E-state index in [-0.39, 0.29) is 0 Å². The van der Waals surface area contributed by atoms with Gasteiger partial charge >= 0.3 is 0 Å². The Morgan fingerprint density at radius 2 is 1.78 bits per heavy atom. The Balaban J connectivity index is 1.53. The van der Waals surface area contributed by atoms with E-state index >= 15 is 0 Å². The zero-order valence-electron chi connectivity index (χ0n) is 15.8. The fraction of sp³-hybridized carbons (Fsp3) is 0.261. The number of rotatable bonds is 7. The van der Waals surface area contributed by atoms with Gasteiger partial charge in [-0.25, -0.2) is 4.39 Å². The summed E-state index contributed by atoms with van der Waals surface area (Å²) in [5, 5.41) is 3.60. The number of hydrogen-bond acceptors (Lipinski definition) is 1. The summed E-state index contributed by atoms with van der Waals surface area (Å²) in [6.45, 7) is 2.14. The summed E-state index contributed by atoms with van der Waals surface area (Å²) < 4.78 is 13.6. The Bertz CT molecular complexity index is 954. The van der Waals surface area contributed by atoms with E-state index in [1.807, 2.05) is 24.3 Å². The van der Waals surface area contributed by atoms with Crippen LogP contribution in [-0.2, 0) is 17.6 Å². The molecule has 0 fully saturated rings. The molecule has 0 saturated heterocycles. The van der Waals surface area contributed by atoms with Crippen molar-refractivity contribution in [2.24, 2.45) is 0 Å². The minimum atomic E-state index is -0.778. The molecule has 4 heteroatoms. The highest BCUT2D eigenvalue weighted by Crippen LogP contribution is 2.23. The fourth-order valence-electron chi connectivity index (χ4n) is 3.40. The van der Waals surface area contributed by atoms with Gasteiger partial charge in [0.05, 0.1) is 0 Å². The first-order chi connectivity index (χ1) is 13.1. The second-order valence-corrected chi connectivity index (χ2v) is 6.79. The molecule has 0 unspecified atom stereocenters. The Hall–Kier alpha value is -2.88. The quantitative estimate of drug-likeness (QED) is 0.445. The van der Waals surface area contributed by atoms with Gasteiger partial charge in [-0.2, -0.15) is 0 Å². The van der Waals surface area contributed by atoms with E-state index in [2.05, 4.69) is 41.5 Å². The molecule has 1 amide bonds. The van der Waals surface area contributed by atoms with Gasteiger partial charge < -0.3 is 10.3 Å². The first-order valence-corrected chi connectivity index (χ1v) is 9.33. The van der Waals surface area contributed by atoms with Crippen LogP contribution in [0.4, 0.5) is 4.39 Å². The van der Waals surface area contributed by atoms with Crippen molar-refractivity contribution in [3.05, 3.63) is 76.7 Å². The molecular weight excluding hydrogens is 339 g/mol. The first-order valence-electron chi connectivity index (χ1n) is 9.33. The number of carbonyl (C=O) groups is 1. The number of H-pyrrole nitrogens is 1. The number of likely N-dealkylation sites (N-methyl/N-ethyl adjacent to an activating group) is 1. The van der Waals surface area contributed by atoms with Crippen LogP contribution in [0.25, 0.3) is 17.0 Å². The van der Waals surface area contributed by atoms with Crippen molar-refractivity contribution in [3.63, 3.8) is 0 Å². The Morgan fingerprint density at radius 1 is 1.07 bits per heavy atom. The number of aromatic nitrogens is 1. The first kappa shape index (κ1) is 18.9. The Morgan fingerprint density at radius 3 is 2.52 bits per heavy atom. The predicted octanol–water partition coefficient (Wildman–Crippen LogP) is 5.10. The van der Waals surface area contributed by atoms with Gasteiger partial charge in [0.25, 0.3) is 5.91 Å². The maximum atomic E-state index is 13.6. The standard InChI is InChI=1S/C23H25FN2O/c1-16-19(20-9-5-6-10-22(20)26-16)8-4-3-7-17-11-13-18(14-12-17)15-21(24)23(27)25-2/h5-6,9-15,26H,3-4,7-8H2,1-2H3,(H,25,27)/b21-15-. The van der Waals surface area contributed by atoms with Crippen LogP contribution in [0.15, 0.2) is 54.4 Å². The number of aryl methyl sites for hydroxylation is 3.